The van der Waals surface area contributed by atoms with Crippen LogP contribution in [-0.4, -0.2) is 36.6 Å². The zero-order valence-electron chi connectivity index (χ0n) is 15.5. The summed E-state index contributed by atoms with van der Waals surface area (Å²) in [5.41, 5.74) is 2.37. The van der Waals surface area contributed by atoms with Crippen LogP contribution in [0.5, 0.6) is 11.5 Å². The lowest BCUT2D eigenvalue weighted by atomic mass is 10.0. The zero-order chi connectivity index (χ0) is 18.8. The molecule has 1 atom stereocenters. The highest BCUT2D eigenvalue weighted by Crippen LogP contribution is 2.34. The van der Waals surface area contributed by atoms with Crippen molar-refractivity contribution in [1.29, 1.82) is 0 Å². The third kappa shape index (κ3) is 3.33. The van der Waals surface area contributed by atoms with Gasteiger partial charge in [0.05, 0.1) is 25.8 Å². The second-order valence-electron chi connectivity index (χ2n) is 6.69. The predicted octanol–water partition coefficient (Wildman–Crippen LogP) is 4.23. The Bertz CT molecular complexity index is 986. The highest BCUT2D eigenvalue weighted by molar-refractivity contribution is 5.95. The Labute approximate surface area is 158 Å². The Hall–Kier alpha value is -3.08. The number of aromatic nitrogens is 1. The molecule has 3 aromatic rings. The van der Waals surface area contributed by atoms with Crippen LogP contribution in [0.1, 0.15) is 34.9 Å². The van der Waals surface area contributed by atoms with Crippen molar-refractivity contribution < 1.29 is 14.3 Å². The van der Waals surface area contributed by atoms with Gasteiger partial charge in [-0.2, -0.15) is 0 Å². The van der Waals surface area contributed by atoms with E-state index in [9.17, 15) is 4.79 Å². The number of nitrogens with zero attached hydrogens (tertiary/aromatic N) is 2. The number of pyridine rings is 1. The van der Waals surface area contributed by atoms with E-state index >= 15 is 0 Å². The summed E-state index contributed by atoms with van der Waals surface area (Å²) in [6, 6.07) is 17.4. The largest absolute Gasteiger partial charge is 0.497 e. The van der Waals surface area contributed by atoms with Crippen molar-refractivity contribution in [2.75, 3.05) is 20.8 Å². The molecule has 0 aliphatic carbocycles. The number of hydrogen-bond acceptors (Lipinski definition) is 4. The second kappa shape index (κ2) is 7.27. The molecule has 1 aliphatic rings. The number of carbonyl (C=O) groups excluding carboxylic acids is 1. The molecule has 1 aromatic heterocycles. The van der Waals surface area contributed by atoms with Crippen LogP contribution in [0.25, 0.3) is 10.9 Å². The summed E-state index contributed by atoms with van der Waals surface area (Å²) in [7, 11) is 3.29. The first kappa shape index (κ1) is 17.3. The normalized spacial score (nSPS) is 16.5. The minimum Gasteiger partial charge on any atom is -0.497 e. The van der Waals surface area contributed by atoms with E-state index in [1.54, 1.807) is 20.3 Å². The lowest BCUT2D eigenvalue weighted by Crippen LogP contribution is -2.31. The Balaban J connectivity index is 1.63. The maximum atomic E-state index is 13.2. The molecule has 1 unspecified atom stereocenters. The SMILES string of the molecule is COc1cccc(C2CCCN2C(=O)c2ccc3cc(OC)ccc3n2)c1. The summed E-state index contributed by atoms with van der Waals surface area (Å²) in [4.78, 5) is 19.7. The number of benzene rings is 2. The molecule has 2 aromatic carbocycles. The van der Waals surface area contributed by atoms with Gasteiger partial charge < -0.3 is 14.4 Å². The van der Waals surface area contributed by atoms with Crippen LogP contribution in [0, 0.1) is 0 Å². The topological polar surface area (TPSA) is 51.7 Å². The molecule has 1 aliphatic heterocycles. The van der Waals surface area contributed by atoms with Crippen LogP contribution in [0.3, 0.4) is 0 Å². The highest BCUT2D eigenvalue weighted by atomic mass is 16.5. The van der Waals surface area contributed by atoms with E-state index in [0.717, 1.165) is 47.4 Å². The molecule has 2 heterocycles. The van der Waals surface area contributed by atoms with Gasteiger partial charge in [-0.3, -0.25) is 4.79 Å². The molecule has 0 N–H and O–H groups in total. The summed E-state index contributed by atoms with van der Waals surface area (Å²) in [6.45, 7) is 0.739. The van der Waals surface area contributed by atoms with Crippen LogP contribution >= 0.6 is 0 Å². The number of rotatable bonds is 4. The summed E-state index contributed by atoms with van der Waals surface area (Å²) in [5.74, 6) is 1.56. The van der Waals surface area contributed by atoms with Crippen LogP contribution in [0.4, 0.5) is 0 Å². The average Bonchev–Trinajstić information content (AvgIpc) is 3.22. The predicted molar refractivity (Wildman–Crippen MR) is 104 cm³/mol. The summed E-state index contributed by atoms with van der Waals surface area (Å²) in [6.07, 6.45) is 1.93. The first-order valence-corrected chi connectivity index (χ1v) is 9.09. The summed E-state index contributed by atoms with van der Waals surface area (Å²) < 4.78 is 10.6. The maximum Gasteiger partial charge on any atom is 0.272 e. The van der Waals surface area contributed by atoms with E-state index in [1.165, 1.54) is 0 Å². The molecular weight excluding hydrogens is 340 g/mol. The van der Waals surface area contributed by atoms with Gasteiger partial charge in [-0.1, -0.05) is 18.2 Å². The molecule has 5 nitrogen and oxygen atoms in total. The molecule has 5 heteroatoms. The van der Waals surface area contributed by atoms with E-state index < -0.39 is 0 Å². The number of ether oxygens (including phenoxy) is 2. The van der Waals surface area contributed by atoms with E-state index in [0.29, 0.717) is 5.69 Å². The van der Waals surface area contributed by atoms with Crippen molar-refractivity contribution in [3.63, 3.8) is 0 Å². The number of carbonyl (C=O) groups is 1. The smallest absolute Gasteiger partial charge is 0.272 e. The van der Waals surface area contributed by atoms with Crippen LogP contribution in [-0.2, 0) is 0 Å². The molecule has 4 rings (SSSR count). The van der Waals surface area contributed by atoms with Gasteiger partial charge in [0.2, 0.25) is 0 Å². The molecule has 0 saturated carbocycles. The number of amides is 1. The molecule has 27 heavy (non-hydrogen) atoms. The third-order valence-corrected chi connectivity index (χ3v) is 5.11. The molecule has 138 valence electrons. The Morgan fingerprint density at radius 2 is 1.85 bits per heavy atom. The Morgan fingerprint density at radius 3 is 2.67 bits per heavy atom. The van der Waals surface area contributed by atoms with Crippen molar-refractivity contribution in [3.05, 3.63) is 65.9 Å². The molecule has 1 fully saturated rings. The van der Waals surface area contributed by atoms with E-state index in [1.807, 2.05) is 47.4 Å². The monoisotopic (exact) mass is 362 g/mol. The molecule has 0 radical (unpaired) electrons. The molecule has 1 amide bonds. The Kier molecular flexibility index (Phi) is 4.67. The van der Waals surface area contributed by atoms with Gasteiger partial charge in [-0.05, 0) is 54.8 Å². The van der Waals surface area contributed by atoms with Crippen LogP contribution < -0.4 is 9.47 Å². The fraction of sp³-hybridized carbons (Fsp3) is 0.273. The number of methoxy groups -OCH3 is 2. The minimum atomic E-state index is -0.0296. The molecule has 1 saturated heterocycles. The van der Waals surface area contributed by atoms with Crippen molar-refractivity contribution in [1.82, 2.24) is 9.88 Å². The summed E-state index contributed by atoms with van der Waals surface area (Å²) in [5, 5.41) is 0.955. The number of hydrogen-bond donors (Lipinski definition) is 0. The zero-order valence-corrected chi connectivity index (χ0v) is 15.5. The quantitative estimate of drug-likeness (QED) is 0.697. The standard InChI is InChI=1S/C22H22N2O3/c1-26-17-6-3-5-16(14-17)21-7-4-12-24(21)22(25)20-10-8-15-13-18(27-2)9-11-19(15)23-20/h3,5-6,8-11,13-14,21H,4,7,12H2,1-2H3. The molecule has 0 bridgehead atoms. The third-order valence-electron chi connectivity index (χ3n) is 5.11. The molecule has 0 spiro atoms. The van der Waals surface area contributed by atoms with E-state index in [4.69, 9.17) is 9.47 Å². The van der Waals surface area contributed by atoms with Gasteiger partial charge in [-0.25, -0.2) is 4.98 Å². The first-order valence-electron chi connectivity index (χ1n) is 9.09. The minimum absolute atomic E-state index is 0.0296. The van der Waals surface area contributed by atoms with Crippen molar-refractivity contribution >= 4 is 16.8 Å². The highest BCUT2D eigenvalue weighted by Gasteiger charge is 2.31. The fourth-order valence-corrected chi connectivity index (χ4v) is 3.70. The van der Waals surface area contributed by atoms with Gasteiger partial charge in [-0.15, -0.1) is 0 Å². The van der Waals surface area contributed by atoms with Gasteiger partial charge in [0, 0.05) is 11.9 Å². The number of likely N-dealkylation sites (tertiary alicyclic amines) is 1. The van der Waals surface area contributed by atoms with Crippen molar-refractivity contribution in [2.45, 2.75) is 18.9 Å². The van der Waals surface area contributed by atoms with Crippen molar-refractivity contribution in [2.24, 2.45) is 0 Å². The van der Waals surface area contributed by atoms with Crippen LogP contribution in [0.15, 0.2) is 54.6 Å². The lowest BCUT2D eigenvalue weighted by molar-refractivity contribution is 0.0730. The van der Waals surface area contributed by atoms with E-state index in [-0.39, 0.29) is 11.9 Å². The van der Waals surface area contributed by atoms with Crippen LogP contribution in [0.2, 0.25) is 0 Å². The fourth-order valence-electron chi connectivity index (χ4n) is 3.70. The van der Waals surface area contributed by atoms with Gasteiger partial charge >= 0.3 is 0 Å². The number of fused-ring (bicyclic) bond motifs is 1. The van der Waals surface area contributed by atoms with Crippen molar-refractivity contribution in [3.8, 4) is 11.5 Å². The second-order valence-corrected chi connectivity index (χ2v) is 6.69. The lowest BCUT2D eigenvalue weighted by Gasteiger charge is -2.25. The first-order chi connectivity index (χ1) is 13.2. The van der Waals surface area contributed by atoms with Gasteiger partial charge in [0.25, 0.3) is 5.91 Å². The van der Waals surface area contributed by atoms with E-state index in [2.05, 4.69) is 11.1 Å². The Morgan fingerprint density at radius 1 is 1.04 bits per heavy atom. The van der Waals surface area contributed by atoms with Gasteiger partial charge in [0.15, 0.2) is 0 Å². The van der Waals surface area contributed by atoms with Gasteiger partial charge in [0.1, 0.15) is 17.2 Å². The maximum absolute atomic E-state index is 13.2. The summed E-state index contributed by atoms with van der Waals surface area (Å²) >= 11 is 0. The average molecular weight is 362 g/mol. The molecular formula is C22H22N2O3.